The first-order valence-electron chi connectivity index (χ1n) is 5.81. The lowest BCUT2D eigenvalue weighted by Gasteiger charge is -1.99. The zero-order chi connectivity index (χ0) is 14.0. The summed E-state index contributed by atoms with van der Waals surface area (Å²) >= 11 is 0. The van der Waals surface area contributed by atoms with Crippen molar-refractivity contribution in [1.29, 1.82) is 0 Å². The molecular weight excluding hydrogens is 248 g/mol. The molecule has 1 aromatic carbocycles. The number of hydrogen-bond donors (Lipinski definition) is 1. The lowest BCUT2D eigenvalue weighted by Crippen LogP contribution is -2.18. The van der Waals surface area contributed by atoms with Crippen LogP contribution in [0.5, 0.6) is 0 Å². The standard InChI is InChI=1S/C12H14N4O3/c1-7-5-9(3-4-10(7)16(17)18)12-14-11(15-19-12)6-8(2)13/h3-5,8H,6,13H2,1-2H3. The van der Waals surface area contributed by atoms with Crippen molar-refractivity contribution in [3.05, 3.63) is 39.7 Å². The molecule has 0 radical (unpaired) electrons. The number of nitro benzene ring substituents is 1. The van der Waals surface area contributed by atoms with Crippen LogP contribution in [0.2, 0.25) is 0 Å². The number of nitrogens with two attached hydrogens (primary N) is 1. The molecule has 0 saturated heterocycles. The van der Waals surface area contributed by atoms with Gasteiger partial charge in [-0.25, -0.2) is 0 Å². The summed E-state index contributed by atoms with van der Waals surface area (Å²) in [6.07, 6.45) is 0.523. The summed E-state index contributed by atoms with van der Waals surface area (Å²) in [5.41, 5.74) is 6.93. The van der Waals surface area contributed by atoms with E-state index >= 15 is 0 Å². The largest absolute Gasteiger partial charge is 0.334 e. The van der Waals surface area contributed by atoms with Crippen LogP contribution in [0, 0.1) is 17.0 Å². The van der Waals surface area contributed by atoms with Crippen LogP contribution in [0.25, 0.3) is 11.5 Å². The van der Waals surface area contributed by atoms with E-state index in [0.29, 0.717) is 29.3 Å². The SMILES string of the molecule is Cc1cc(-c2nc(CC(C)N)no2)ccc1[N+](=O)[O-]. The van der Waals surface area contributed by atoms with Crippen molar-refractivity contribution in [3.63, 3.8) is 0 Å². The minimum atomic E-state index is -0.422. The molecule has 2 rings (SSSR count). The Morgan fingerprint density at radius 3 is 2.84 bits per heavy atom. The average Bonchev–Trinajstić information content (AvgIpc) is 2.75. The van der Waals surface area contributed by atoms with Gasteiger partial charge in [0, 0.05) is 29.7 Å². The summed E-state index contributed by atoms with van der Waals surface area (Å²) in [5.74, 6) is 0.870. The highest BCUT2D eigenvalue weighted by atomic mass is 16.6. The minimum Gasteiger partial charge on any atom is -0.334 e. The summed E-state index contributed by atoms with van der Waals surface area (Å²) in [6.45, 7) is 3.52. The van der Waals surface area contributed by atoms with Crippen molar-refractivity contribution in [3.8, 4) is 11.5 Å². The van der Waals surface area contributed by atoms with Crippen molar-refractivity contribution in [2.24, 2.45) is 5.73 Å². The van der Waals surface area contributed by atoms with Gasteiger partial charge in [0.05, 0.1) is 4.92 Å². The van der Waals surface area contributed by atoms with Gasteiger partial charge in [-0.2, -0.15) is 4.98 Å². The fourth-order valence-electron chi connectivity index (χ4n) is 1.74. The monoisotopic (exact) mass is 262 g/mol. The van der Waals surface area contributed by atoms with Gasteiger partial charge in [0.15, 0.2) is 5.82 Å². The number of benzene rings is 1. The molecule has 0 saturated carbocycles. The molecule has 1 aromatic heterocycles. The van der Waals surface area contributed by atoms with E-state index in [2.05, 4.69) is 10.1 Å². The van der Waals surface area contributed by atoms with E-state index in [4.69, 9.17) is 10.3 Å². The highest BCUT2D eigenvalue weighted by Gasteiger charge is 2.15. The highest BCUT2D eigenvalue weighted by molar-refractivity contribution is 5.58. The van der Waals surface area contributed by atoms with Crippen molar-refractivity contribution < 1.29 is 9.45 Å². The Balaban J connectivity index is 2.29. The van der Waals surface area contributed by atoms with Crippen LogP contribution in [0.3, 0.4) is 0 Å². The number of rotatable bonds is 4. The maximum atomic E-state index is 10.7. The first-order valence-corrected chi connectivity index (χ1v) is 5.81. The fraction of sp³-hybridized carbons (Fsp3) is 0.333. The third-order valence-electron chi connectivity index (χ3n) is 2.61. The van der Waals surface area contributed by atoms with E-state index in [-0.39, 0.29) is 11.7 Å². The smallest absolute Gasteiger partial charge is 0.272 e. The van der Waals surface area contributed by atoms with Crippen LogP contribution in [-0.4, -0.2) is 21.1 Å². The molecule has 0 aliphatic rings. The highest BCUT2D eigenvalue weighted by Crippen LogP contribution is 2.24. The molecule has 7 nitrogen and oxygen atoms in total. The van der Waals surface area contributed by atoms with Gasteiger partial charge in [0.2, 0.25) is 0 Å². The Hall–Kier alpha value is -2.28. The lowest BCUT2D eigenvalue weighted by molar-refractivity contribution is -0.385. The van der Waals surface area contributed by atoms with Gasteiger partial charge >= 0.3 is 0 Å². The number of hydrogen-bond acceptors (Lipinski definition) is 6. The summed E-state index contributed by atoms with van der Waals surface area (Å²) in [5, 5.41) is 14.6. The quantitative estimate of drug-likeness (QED) is 0.665. The van der Waals surface area contributed by atoms with Gasteiger partial charge in [-0.3, -0.25) is 10.1 Å². The van der Waals surface area contributed by atoms with Crippen LogP contribution in [0.4, 0.5) is 5.69 Å². The van der Waals surface area contributed by atoms with Crippen LogP contribution in [0.1, 0.15) is 18.3 Å². The molecule has 0 amide bonds. The molecule has 19 heavy (non-hydrogen) atoms. The number of aryl methyl sites for hydroxylation is 1. The predicted molar refractivity (Wildman–Crippen MR) is 68.5 cm³/mol. The van der Waals surface area contributed by atoms with Gasteiger partial charge in [0.1, 0.15) is 0 Å². The number of nitro groups is 1. The molecule has 0 spiro atoms. The Kier molecular flexibility index (Phi) is 3.57. The Labute approximate surface area is 109 Å². The number of nitrogens with zero attached hydrogens (tertiary/aromatic N) is 3. The molecule has 100 valence electrons. The molecular formula is C12H14N4O3. The zero-order valence-electron chi connectivity index (χ0n) is 10.7. The van der Waals surface area contributed by atoms with Crippen LogP contribution in [-0.2, 0) is 6.42 Å². The van der Waals surface area contributed by atoms with Crippen LogP contribution < -0.4 is 5.73 Å². The molecule has 2 aromatic rings. The maximum Gasteiger partial charge on any atom is 0.272 e. The third-order valence-corrected chi connectivity index (χ3v) is 2.61. The molecule has 0 aliphatic heterocycles. The second kappa shape index (κ2) is 5.15. The molecule has 2 N–H and O–H groups in total. The normalized spacial score (nSPS) is 12.4. The predicted octanol–water partition coefficient (Wildman–Crippen LogP) is 1.84. The summed E-state index contributed by atoms with van der Waals surface area (Å²) < 4.78 is 5.12. The summed E-state index contributed by atoms with van der Waals surface area (Å²) in [6, 6.07) is 4.62. The Morgan fingerprint density at radius 2 is 2.26 bits per heavy atom. The van der Waals surface area contributed by atoms with Crippen molar-refractivity contribution in [1.82, 2.24) is 10.1 Å². The number of aromatic nitrogens is 2. The first-order chi connectivity index (χ1) is 8.97. The van der Waals surface area contributed by atoms with Gasteiger partial charge in [0.25, 0.3) is 11.6 Å². The molecule has 1 heterocycles. The summed E-state index contributed by atoms with van der Waals surface area (Å²) in [7, 11) is 0. The average molecular weight is 262 g/mol. The molecule has 1 unspecified atom stereocenters. The maximum absolute atomic E-state index is 10.7. The Bertz CT molecular complexity index is 607. The zero-order valence-corrected chi connectivity index (χ0v) is 10.7. The second-order valence-corrected chi connectivity index (χ2v) is 4.46. The van der Waals surface area contributed by atoms with Crippen molar-refractivity contribution >= 4 is 5.69 Å². The Morgan fingerprint density at radius 1 is 1.53 bits per heavy atom. The van der Waals surface area contributed by atoms with E-state index in [1.165, 1.54) is 6.07 Å². The molecule has 7 heteroatoms. The van der Waals surface area contributed by atoms with E-state index < -0.39 is 4.92 Å². The lowest BCUT2D eigenvalue weighted by atomic mass is 10.1. The van der Waals surface area contributed by atoms with Gasteiger partial charge in [-0.1, -0.05) is 5.16 Å². The second-order valence-electron chi connectivity index (χ2n) is 4.46. The van der Waals surface area contributed by atoms with Crippen LogP contribution in [0.15, 0.2) is 22.7 Å². The van der Waals surface area contributed by atoms with Gasteiger partial charge in [-0.05, 0) is 26.0 Å². The minimum absolute atomic E-state index is 0.0518. The van der Waals surface area contributed by atoms with E-state index in [9.17, 15) is 10.1 Å². The van der Waals surface area contributed by atoms with Gasteiger partial charge in [-0.15, -0.1) is 0 Å². The molecule has 1 atom stereocenters. The first kappa shape index (κ1) is 13.2. The van der Waals surface area contributed by atoms with Crippen LogP contribution >= 0.6 is 0 Å². The third kappa shape index (κ3) is 2.94. The van der Waals surface area contributed by atoms with Crippen molar-refractivity contribution in [2.75, 3.05) is 0 Å². The molecule has 0 aliphatic carbocycles. The van der Waals surface area contributed by atoms with Crippen molar-refractivity contribution in [2.45, 2.75) is 26.3 Å². The van der Waals surface area contributed by atoms with E-state index in [1.54, 1.807) is 19.1 Å². The molecule has 0 fully saturated rings. The fourth-order valence-corrected chi connectivity index (χ4v) is 1.74. The van der Waals surface area contributed by atoms with E-state index in [1.807, 2.05) is 6.92 Å². The topological polar surface area (TPSA) is 108 Å². The molecule has 0 bridgehead atoms. The van der Waals surface area contributed by atoms with Gasteiger partial charge < -0.3 is 10.3 Å². The van der Waals surface area contributed by atoms with E-state index in [0.717, 1.165) is 0 Å². The summed E-state index contributed by atoms with van der Waals surface area (Å²) in [4.78, 5) is 14.5.